The van der Waals surface area contributed by atoms with Crippen LogP contribution in [0.3, 0.4) is 0 Å². The fraction of sp³-hybridized carbons (Fsp3) is 0.333. The molecule has 0 unspecified atom stereocenters. The van der Waals surface area contributed by atoms with Crippen LogP contribution in [0.1, 0.15) is 12.5 Å². The molecule has 0 aliphatic carbocycles. The third-order valence-electron chi connectivity index (χ3n) is 2.32. The summed E-state index contributed by atoms with van der Waals surface area (Å²) in [7, 11) is -2.98. The minimum absolute atomic E-state index is 0.241. The summed E-state index contributed by atoms with van der Waals surface area (Å²) in [6.07, 6.45) is 0.665. The van der Waals surface area contributed by atoms with Crippen molar-refractivity contribution in [1.29, 1.82) is 0 Å². The van der Waals surface area contributed by atoms with Crippen molar-refractivity contribution in [3.8, 4) is 0 Å². The largest absolute Gasteiger partial charge is 0.223 e. The first-order valence-electron chi connectivity index (χ1n) is 3.94. The molecule has 0 N–H and O–H groups in total. The maximum atomic E-state index is 11.6. The van der Waals surface area contributed by atoms with Gasteiger partial charge in [-0.2, -0.15) is 0 Å². The molecule has 3 heteroatoms. The molecular weight excluding hydrogens is 172 g/mol. The van der Waals surface area contributed by atoms with Crippen molar-refractivity contribution in [2.24, 2.45) is 0 Å². The predicted molar refractivity (Wildman–Crippen MR) is 46.8 cm³/mol. The molecular formula is C9H10O2S. The first-order valence-corrected chi connectivity index (χ1v) is 5.49. The number of fused-ring (bicyclic) bond motifs is 1. The number of benzene rings is 1. The molecule has 0 radical (unpaired) electrons. The SMILES string of the molecule is C[C@H]1Cc2ccccc2S1(=O)=O. The lowest BCUT2D eigenvalue weighted by Gasteiger charge is -1.98. The highest BCUT2D eigenvalue weighted by atomic mass is 32.2. The molecule has 1 aliphatic rings. The lowest BCUT2D eigenvalue weighted by Crippen LogP contribution is -2.11. The Kier molecular flexibility index (Phi) is 1.51. The Bertz CT molecular complexity index is 406. The van der Waals surface area contributed by atoms with Crippen LogP contribution in [-0.2, 0) is 16.3 Å². The summed E-state index contributed by atoms with van der Waals surface area (Å²) in [6.45, 7) is 1.76. The number of rotatable bonds is 0. The molecule has 0 bridgehead atoms. The van der Waals surface area contributed by atoms with Gasteiger partial charge in [0, 0.05) is 0 Å². The van der Waals surface area contributed by atoms with Crippen LogP contribution in [0.25, 0.3) is 0 Å². The first kappa shape index (κ1) is 7.80. The van der Waals surface area contributed by atoms with Gasteiger partial charge in [0.25, 0.3) is 0 Å². The standard InChI is InChI=1S/C9H10O2S/c1-7-6-8-4-2-3-5-9(8)12(7,10)11/h2-5,7H,6H2,1H3/t7-/m0/s1. The van der Waals surface area contributed by atoms with Crippen LogP contribution in [0.2, 0.25) is 0 Å². The van der Waals surface area contributed by atoms with Gasteiger partial charge in [0.15, 0.2) is 9.84 Å². The average molecular weight is 182 g/mol. The highest BCUT2D eigenvalue weighted by Crippen LogP contribution is 2.30. The summed E-state index contributed by atoms with van der Waals surface area (Å²) in [5.74, 6) is 0. The highest BCUT2D eigenvalue weighted by Gasteiger charge is 2.32. The van der Waals surface area contributed by atoms with Gasteiger partial charge >= 0.3 is 0 Å². The molecule has 0 amide bonds. The third kappa shape index (κ3) is 0.894. The van der Waals surface area contributed by atoms with Crippen LogP contribution in [0.15, 0.2) is 29.2 Å². The van der Waals surface area contributed by atoms with Crippen molar-refractivity contribution in [3.05, 3.63) is 29.8 Å². The van der Waals surface area contributed by atoms with Crippen LogP contribution < -0.4 is 0 Å². The van der Waals surface area contributed by atoms with E-state index in [4.69, 9.17) is 0 Å². The number of sulfone groups is 1. The van der Waals surface area contributed by atoms with Crippen molar-refractivity contribution < 1.29 is 8.42 Å². The van der Waals surface area contributed by atoms with E-state index >= 15 is 0 Å². The molecule has 1 atom stereocenters. The summed E-state index contributed by atoms with van der Waals surface area (Å²) >= 11 is 0. The Balaban J connectivity index is 2.72. The van der Waals surface area contributed by atoms with Gasteiger partial charge < -0.3 is 0 Å². The van der Waals surface area contributed by atoms with Gasteiger partial charge in [-0.1, -0.05) is 18.2 Å². The van der Waals surface area contributed by atoms with E-state index in [9.17, 15) is 8.42 Å². The fourth-order valence-corrected chi connectivity index (χ4v) is 3.20. The summed E-state index contributed by atoms with van der Waals surface area (Å²) in [5, 5.41) is -0.241. The molecule has 1 aromatic rings. The number of hydrogen-bond acceptors (Lipinski definition) is 2. The van der Waals surface area contributed by atoms with Gasteiger partial charge in [-0.15, -0.1) is 0 Å². The molecule has 2 nitrogen and oxygen atoms in total. The Hall–Kier alpha value is -0.830. The Morgan fingerprint density at radius 3 is 2.67 bits per heavy atom. The average Bonchev–Trinajstić information content (AvgIpc) is 2.25. The van der Waals surface area contributed by atoms with E-state index in [1.165, 1.54) is 0 Å². The number of hydrogen-bond donors (Lipinski definition) is 0. The third-order valence-corrected chi connectivity index (χ3v) is 4.55. The monoisotopic (exact) mass is 182 g/mol. The van der Waals surface area contributed by atoms with Crippen LogP contribution in [0.4, 0.5) is 0 Å². The lowest BCUT2D eigenvalue weighted by molar-refractivity contribution is 0.590. The summed E-state index contributed by atoms with van der Waals surface area (Å²) in [6, 6.07) is 7.23. The van der Waals surface area contributed by atoms with E-state index in [2.05, 4.69) is 0 Å². The Labute approximate surface area is 72.1 Å². The molecule has 12 heavy (non-hydrogen) atoms. The van der Waals surface area contributed by atoms with Gasteiger partial charge in [0.1, 0.15) is 0 Å². The van der Waals surface area contributed by atoms with E-state index in [0.717, 1.165) is 5.56 Å². The normalized spacial score (nSPS) is 25.2. The van der Waals surface area contributed by atoms with Crippen LogP contribution >= 0.6 is 0 Å². The van der Waals surface area contributed by atoms with Gasteiger partial charge in [-0.3, -0.25) is 0 Å². The lowest BCUT2D eigenvalue weighted by atomic mass is 10.1. The van der Waals surface area contributed by atoms with Crippen molar-refractivity contribution in [2.45, 2.75) is 23.5 Å². The zero-order chi connectivity index (χ0) is 8.77. The molecule has 1 aliphatic heterocycles. The molecule has 0 saturated heterocycles. The van der Waals surface area contributed by atoms with Gasteiger partial charge in [-0.05, 0) is 25.0 Å². The highest BCUT2D eigenvalue weighted by molar-refractivity contribution is 7.92. The summed E-state index contributed by atoms with van der Waals surface area (Å²) in [5.41, 5.74) is 0.963. The van der Waals surface area contributed by atoms with E-state index in [-0.39, 0.29) is 5.25 Å². The molecule has 0 fully saturated rings. The first-order chi connectivity index (χ1) is 5.62. The zero-order valence-electron chi connectivity index (χ0n) is 6.82. The van der Waals surface area contributed by atoms with Crippen molar-refractivity contribution in [2.75, 3.05) is 0 Å². The molecule has 64 valence electrons. The van der Waals surface area contributed by atoms with E-state index in [0.29, 0.717) is 11.3 Å². The second kappa shape index (κ2) is 2.33. The molecule has 1 aromatic carbocycles. The molecule has 1 heterocycles. The maximum absolute atomic E-state index is 11.6. The van der Waals surface area contributed by atoms with E-state index < -0.39 is 9.84 Å². The van der Waals surface area contributed by atoms with Crippen molar-refractivity contribution in [1.82, 2.24) is 0 Å². The molecule has 2 rings (SSSR count). The molecule has 0 spiro atoms. The van der Waals surface area contributed by atoms with E-state index in [1.807, 2.05) is 12.1 Å². The fourth-order valence-electron chi connectivity index (χ4n) is 1.59. The van der Waals surface area contributed by atoms with Crippen molar-refractivity contribution >= 4 is 9.84 Å². The van der Waals surface area contributed by atoms with Crippen LogP contribution in [-0.4, -0.2) is 13.7 Å². The minimum atomic E-state index is -2.98. The Morgan fingerprint density at radius 2 is 2.00 bits per heavy atom. The summed E-state index contributed by atoms with van der Waals surface area (Å²) in [4.78, 5) is 0.525. The molecule has 0 aromatic heterocycles. The van der Waals surface area contributed by atoms with Crippen molar-refractivity contribution in [3.63, 3.8) is 0 Å². The summed E-state index contributed by atoms with van der Waals surface area (Å²) < 4.78 is 23.2. The van der Waals surface area contributed by atoms with Gasteiger partial charge in [-0.25, -0.2) is 8.42 Å². The second-order valence-electron chi connectivity index (χ2n) is 3.17. The Morgan fingerprint density at radius 1 is 1.33 bits per heavy atom. The predicted octanol–water partition coefficient (Wildman–Crippen LogP) is 1.40. The smallest absolute Gasteiger partial charge is 0.181 e. The zero-order valence-corrected chi connectivity index (χ0v) is 7.64. The quantitative estimate of drug-likeness (QED) is 0.608. The minimum Gasteiger partial charge on any atom is -0.223 e. The van der Waals surface area contributed by atoms with Crippen LogP contribution in [0, 0.1) is 0 Å². The second-order valence-corrected chi connectivity index (χ2v) is 5.50. The topological polar surface area (TPSA) is 34.1 Å². The molecule has 0 saturated carbocycles. The van der Waals surface area contributed by atoms with E-state index in [1.54, 1.807) is 19.1 Å². The van der Waals surface area contributed by atoms with Crippen LogP contribution in [0.5, 0.6) is 0 Å². The maximum Gasteiger partial charge on any atom is 0.181 e. The van der Waals surface area contributed by atoms with Gasteiger partial charge in [0.2, 0.25) is 0 Å². The van der Waals surface area contributed by atoms with Gasteiger partial charge in [0.05, 0.1) is 10.1 Å².